The predicted molar refractivity (Wildman–Crippen MR) is 110 cm³/mol. The number of amides is 1. The number of rotatable bonds is 4. The minimum absolute atomic E-state index is 0.0682. The molecule has 2 N–H and O–H groups in total. The van der Waals surface area contributed by atoms with Gasteiger partial charge in [0.05, 0.1) is 16.6 Å². The van der Waals surface area contributed by atoms with Crippen molar-refractivity contribution in [2.75, 3.05) is 12.4 Å². The molecule has 1 amide bonds. The van der Waals surface area contributed by atoms with Crippen LogP contribution in [0.3, 0.4) is 0 Å². The fourth-order valence-electron chi connectivity index (χ4n) is 3.22. The highest BCUT2D eigenvalue weighted by Crippen LogP contribution is 2.38. The van der Waals surface area contributed by atoms with Gasteiger partial charge in [0.25, 0.3) is 5.91 Å². The lowest BCUT2D eigenvalue weighted by molar-refractivity contribution is 0.0944. The van der Waals surface area contributed by atoms with Crippen LogP contribution in [0.2, 0.25) is 5.02 Å². The maximum absolute atomic E-state index is 12.8. The monoisotopic (exact) mass is 398 g/mol. The summed E-state index contributed by atoms with van der Waals surface area (Å²) in [6.07, 6.45) is 3.68. The Balaban J connectivity index is 1.58. The van der Waals surface area contributed by atoms with E-state index < -0.39 is 0 Å². The van der Waals surface area contributed by atoms with E-state index in [-0.39, 0.29) is 11.9 Å². The zero-order valence-corrected chi connectivity index (χ0v) is 16.6. The quantitative estimate of drug-likeness (QED) is 0.679. The lowest BCUT2D eigenvalue weighted by Crippen LogP contribution is -2.25. The number of aromatic nitrogens is 2. The van der Waals surface area contributed by atoms with Gasteiger partial charge in [0.1, 0.15) is 0 Å². The van der Waals surface area contributed by atoms with Gasteiger partial charge in [-0.05, 0) is 49.1 Å². The summed E-state index contributed by atoms with van der Waals surface area (Å²) in [6.45, 7) is 1.97. The molecule has 0 aliphatic heterocycles. The SMILES string of the molecule is CNc1ncc2c(n1)-c1cc(C(=O)N[C@@H](C)c3ccc(Cl)cc3)sc1CC2. The fraction of sp³-hybridized carbons (Fsp3) is 0.250. The Bertz CT molecular complexity index is 1000. The first-order valence-electron chi connectivity index (χ1n) is 8.78. The summed E-state index contributed by atoms with van der Waals surface area (Å²) >= 11 is 7.48. The first-order valence-corrected chi connectivity index (χ1v) is 9.97. The predicted octanol–water partition coefficient (Wildman–Crippen LogP) is 4.49. The number of benzene rings is 1. The van der Waals surface area contributed by atoms with Gasteiger partial charge in [-0.25, -0.2) is 9.97 Å². The molecule has 2 aromatic heterocycles. The number of fused-ring (bicyclic) bond motifs is 3. The standard InChI is InChI=1S/C20H19ClN4OS/c1-11(12-3-6-14(21)7-4-12)24-19(26)17-9-15-16(27-17)8-5-13-10-23-20(22-2)25-18(13)15/h3-4,6-7,9-11H,5,8H2,1-2H3,(H,24,26)(H,22,23,25)/t11-/m0/s1. The second kappa shape index (κ2) is 7.29. The van der Waals surface area contributed by atoms with Gasteiger partial charge >= 0.3 is 0 Å². The third kappa shape index (κ3) is 3.55. The molecule has 138 valence electrons. The highest BCUT2D eigenvalue weighted by molar-refractivity contribution is 7.14. The molecule has 1 aliphatic rings. The van der Waals surface area contributed by atoms with Crippen LogP contribution in [0.5, 0.6) is 0 Å². The highest BCUT2D eigenvalue weighted by Gasteiger charge is 2.24. The molecule has 0 bridgehead atoms. The van der Waals surface area contributed by atoms with E-state index in [0.29, 0.717) is 15.8 Å². The number of nitrogens with zero attached hydrogens (tertiary/aromatic N) is 2. The molecule has 3 aromatic rings. The van der Waals surface area contributed by atoms with Gasteiger partial charge in [-0.2, -0.15) is 0 Å². The van der Waals surface area contributed by atoms with Gasteiger partial charge in [0.15, 0.2) is 0 Å². The molecule has 0 fully saturated rings. The van der Waals surface area contributed by atoms with E-state index in [1.54, 1.807) is 18.4 Å². The van der Waals surface area contributed by atoms with Crippen LogP contribution in [0.4, 0.5) is 5.95 Å². The smallest absolute Gasteiger partial charge is 0.261 e. The largest absolute Gasteiger partial charge is 0.357 e. The van der Waals surface area contributed by atoms with Crippen molar-refractivity contribution in [1.29, 1.82) is 0 Å². The van der Waals surface area contributed by atoms with Crippen LogP contribution in [0.25, 0.3) is 11.3 Å². The van der Waals surface area contributed by atoms with Gasteiger partial charge < -0.3 is 10.6 Å². The number of hydrogen-bond acceptors (Lipinski definition) is 5. The Labute approximate surface area is 166 Å². The zero-order valence-electron chi connectivity index (χ0n) is 15.0. The molecule has 0 saturated carbocycles. The van der Waals surface area contributed by atoms with Crippen LogP contribution in [0.15, 0.2) is 36.5 Å². The van der Waals surface area contributed by atoms with Crippen LogP contribution in [0, 0.1) is 0 Å². The van der Waals surface area contributed by atoms with Gasteiger partial charge in [0.2, 0.25) is 5.95 Å². The Morgan fingerprint density at radius 1 is 1.26 bits per heavy atom. The molecular weight excluding hydrogens is 380 g/mol. The Morgan fingerprint density at radius 3 is 2.78 bits per heavy atom. The molecule has 5 nitrogen and oxygen atoms in total. The molecule has 27 heavy (non-hydrogen) atoms. The zero-order chi connectivity index (χ0) is 19.0. The summed E-state index contributed by atoms with van der Waals surface area (Å²) in [6, 6.07) is 9.38. The molecule has 7 heteroatoms. The average molecular weight is 399 g/mol. The molecule has 1 aromatic carbocycles. The third-order valence-electron chi connectivity index (χ3n) is 4.72. The maximum Gasteiger partial charge on any atom is 0.261 e. The minimum atomic E-state index is -0.0978. The molecule has 4 rings (SSSR count). The van der Waals surface area contributed by atoms with Gasteiger partial charge in [-0.3, -0.25) is 4.79 Å². The molecule has 1 aliphatic carbocycles. The van der Waals surface area contributed by atoms with E-state index in [0.717, 1.165) is 35.2 Å². The van der Waals surface area contributed by atoms with Gasteiger partial charge in [-0.1, -0.05) is 23.7 Å². The van der Waals surface area contributed by atoms with E-state index >= 15 is 0 Å². The fourth-order valence-corrected chi connectivity index (χ4v) is 4.41. The normalized spacial score (nSPS) is 13.4. The Hall–Kier alpha value is -2.44. The van der Waals surface area contributed by atoms with E-state index in [9.17, 15) is 4.79 Å². The molecule has 0 spiro atoms. The topological polar surface area (TPSA) is 66.9 Å². The van der Waals surface area contributed by atoms with Gasteiger partial charge in [-0.15, -0.1) is 11.3 Å². The van der Waals surface area contributed by atoms with E-state index in [4.69, 9.17) is 11.6 Å². The summed E-state index contributed by atoms with van der Waals surface area (Å²) in [5, 5.41) is 6.73. The van der Waals surface area contributed by atoms with Crippen LogP contribution in [-0.2, 0) is 12.8 Å². The lowest BCUT2D eigenvalue weighted by atomic mass is 9.96. The van der Waals surface area contributed by atoms with E-state index in [1.165, 1.54) is 4.88 Å². The second-order valence-corrected chi connectivity index (χ2v) is 8.08. The van der Waals surface area contributed by atoms with Crippen molar-refractivity contribution in [2.24, 2.45) is 0 Å². The average Bonchev–Trinajstić information content (AvgIpc) is 3.13. The van der Waals surface area contributed by atoms with Crippen molar-refractivity contribution in [3.63, 3.8) is 0 Å². The number of thiophene rings is 1. The second-order valence-electron chi connectivity index (χ2n) is 6.51. The number of carbonyl (C=O) groups excluding carboxylic acids is 1. The number of aryl methyl sites for hydroxylation is 2. The number of halogens is 1. The van der Waals surface area contributed by atoms with E-state index in [2.05, 4.69) is 20.6 Å². The minimum Gasteiger partial charge on any atom is -0.357 e. The van der Waals surface area contributed by atoms with Crippen molar-refractivity contribution >= 4 is 34.8 Å². The number of nitrogens with one attached hydrogen (secondary N) is 2. The summed E-state index contributed by atoms with van der Waals surface area (Å²) in [5.74, 6) is 0.524. The molecular formula is C20H19ClN4OS. The third-order valence-corrected chi connectivity index (χ3v) is 6.16. The Morgan fingerprint density at radius 2 is 2.04 bits per heavy atom. The summed E-state index contributed by atoms with van der Waals surface area (Å²) in [4.78, 5) is 23.6. The Kier molecular flexibility index (Phi) is 4.85. The molecule has 1 atom stereocenters. The molecule has 0 unspecified atom stereocenters. The summed E-state index contributed by atoms with van der Waals surface area (Å²) < 4.78 is 0. The first kappa shape index (κ1) is 17.9. The van der Waals surface area contributed by atoms with Crippen LogP contribution < -0.4 is 10.6 Å². The van der Waals surface area contributed by atoms with Gasteiger partial charge in [0, 0.05) is 28.7 Å². The number of hydrogen-bond donors (Lipinski definition) is 2. The lowest BCUT2D eigenvalue weighted by Gasteiger charge is -2.15. The maximum atomic E-state index is 12.8. The first-order chi connectivity index (χ1) is 13.0. The summed E-state index contributed by atoms with van der Waals surface area (Å²) in [7, 11) is 1.80. The van der Waals surface area contributed by atoms with Crippen molar-refractivity contribution in [2.45, 2.75) is 25.8 Å². The molecule has 2 heterocycles. The van der Waals surface area contributed by atoms with Crippen molar-refractivity contribution in [3.8, 4) is 11.3 Å². The van der Waals surface area contributed by atoms with Crippen LogP contribution >= 0.6 is 22.9 Å². The van der Waals surface area contributed by atoms with Crippen molar-refractivity contribution in [3.05, 3.63) is 62.4 Å². The molecule has 0 radical (unpaired) electrons. The summed E-state index contributed by atoms with van der Waals surface area (Å²) in [5.41, 5.74) is 4.12. The van der Waals surface area contributed by atoms with Crippen molar-refractivity contribution in [1.82, 2.24) is 15.3 Å². The van der Waals surface area contributed by atoms with Crippen molar-refractivity contribution < 1.29 is 4.79 Å². The van der Waals surface area contributed by atoms with E-state index in [1.807, 2.05) is 43.5 Å². The number of anilines is 1. The molecule has 0 saturated heterocycles. The van der Waals surface area contributed by atoms with Crippen LogP contribution in [0.1, 0.15) is 38.6 Å². The van der Waals surface area contributed by atoms with Crippen LogP contribution in [-0.4, -0.2) is 22.9 Å². The highest BCUT2D eigenvalue weighted by atomic mass is 35.5. The number of carbonyl (C=O) groups is 1.